The molecule has 2 heterocycles. The Bertz CT molecular complexity index is 1740. The lowest BCUT2D eigenvalue weighted by Crippen LogP contribution is -2.74. The average molecular weight is 664 g/mol. The lowest BCUT2D eigenvalue weighted by atomic mass is 9.50. The van der Waals surface area contributed by atoms with Gasteiger partial charge in [0.05, 0.1) is 16.6 Å². The number of rotatable bonds is 10. The van der Waals surface area contributed by atoms with Gasteiger partial charge in [-0.2, -0.15) is 0 Å². The number of aliphatic carboxylic acids is 1. The summed E-state index contributed by atoms with van der Waals surface area (Å²) in [5.74, 6) is -6.34. The van der Waals surface area contributed by atoms with E-state index in [0.717, 1.165) is 19.4 Å². The van der Waals surface area contributed by atoms with Gasteiger partial charge in [0.1, 0.15) is 11.5 Å². The van der Waals surface area contributed by atoms with E-state index in [0.29, 0.717) is 31.2 Å². The number of ether oxygens (including phenoxy) is 5. The minimum atomic E-state index is -2.26. The summed E-state index contributed by atoms with van der Waals surface area (Å²) in [6.45, 7) is 2.43. The van der Waals surface area contributed by atoms with Gasteiger partial charge in [0, 0.05) is 37.4 Å². The van der Waals surface area contributed by atoms with Crippen LogP contribution in [0.25, 0.3) is 0 Å². The highest BCUT2D eigenvalue weighted by Gasteiger charge is 2.72. The summed E-state index contributed by atoms with van der Waals surface area (Å²) in [4.78, 5) is 77.7. The zero-order valence-corrected chi connectivity index (χ0v) is 26.2. The first kappa shape index (κ1) is 32.8. The number of aldehydes is 1. The van der Waals surface area contributed by atoms with Gasteiger partial charge in [-0.25, -0.2) is 14.4 Å². The molecule has 2 bridgehead atoms. The number of carboxylic acid groups (broad SMARTS) is 1. The number of piperidine rings is 1. The van der Waals surface area contributed by atoms with Gasteiger partial charge in [-0.3, -0.25) is 14.4 Å². The summed E-state index contributed by atoms with van der Waals surface area (Å²) < 4.78 is 27.6. The fourth-order valence-electron chi connectivity index (χ4n) is 7.64. The molecule has 0 aromatic heterocycles. The number of nitrogens with zero attached hydrogens (tertiary/aromatic N) is 1. The molecule has 14 heteroatoms. The van der Waals surface area contributed by atoms with E-state index in [1.165, 1.54) is 30.3 Å². The van der Waals surface area contributed by atoms with Gasteiger partial charge in [-0.1, -0.05) is 36.4 Å². The number of likely N-dealkylation sites (N-methyl/N-ethyl adjacent to an activating group) is 1. The topological polar surface area (TPSA) is 192 Å². The Morgan fingerprint density at radius 1 is 0.979 bits per heavy atom. The monoisotopic (exact) mass is 663 g/mol. The van der Waals surface area contributed by atoms with E-state index in [1.807, 2.05) is 13.1 Å². The summed E-state index contributed by atoms with van der Waals surface area (Å²) >= 11 is 0. The third-order valence-electron chi connectivity index (χ3n) is 9.64. The van der Waals surface area contributed by atoms with Crippen molar-refractivity contribution in [3.8, 4) is 5.75 Å². The van der Waals surface area contributed by atoms with Crippen LogP contribution >= 0.6 is 0 Å². The smallest absolute Gasteiger partial charge is 0.357 e. The minimum absolute atomic E-state index is 0.0275. The van der Waals surface area contributed by atoms with Crippen LogP contribution in [0.3, 0.4) is 0 Å². The second kappa shape index (κ2) is 12.2. The van der Waals surface area contributed by atoms with Gasteiger partial charge < -0.3 is 38.8 Å². The van der Waals surface area contributed by atoms with Crippen molar-refractivity contribution < 1.29 is 62.7 Å². The van der Waals surface area contributed by atoms with Gasteiger partial charge >= 0.3 is 29.8 Å². The molecule has 1 fully saturated rings. The van der Waals surface area contributed by atoms with Crippen molar-refractivity contribution in [2.75, 3.05) is 13.6 Å². The van der Waals surface area contributed by atoms with E-state index in [-0.39, 0.29) is 35.1 Å². The molecular weight excluding hydrogens is 630 g/mol. The first-order valence-electron chi connectivity index (χ1n) is 15.3. The van der Waals surface area contributed by atoms with Crippen molar-refractivity contribution >= 4 is 36.1 Å². The molecule has 4 aliphatic rings. The maximum absolute atomic E-state index is 13.9. The van der Waals surface area contributed by atoms with Crippen LogP contribution in [-0.2, 0) is 54.8 Å². The van der Waals surface area contributed by atoms with E-state index in [4.69, 9.17) is 23.7 Å². The van der Waals surface area contributed by atoms with E-state index >= 15 is 0 Å². The Kier molecular flexibility index (Phi) is 8.33. The normalized spacial score (nSPS) is 26.7. The number of likely N-dealkylation sites (tertiary alicyclic amines) is 1. The largest absolute Gasteiger partial charge is 0.480 e. The Labute approximate surface area is 274 Å². The van der Waals surface area contributed by atoms with Crippen LogP contribution in [0.5, 0.6) is 5.75 Å². The number of carbonyl (C=O) groups is 6. The Balaban J connectivity index is 1.35. The second-order valence-corrected chi connectivity index (χ2v) is 12.3. The molecule has 6 rings (SSSR count). The zero-order chi connectivity index (χ0) is 34.5. The van der Waals surface area contributed by atoms with Gasteiger partial charge in [0.15, 0.2) is 12.4 Å². The molecule has 252 valence electrons. The summed E-state index contributed by atoms with van der Waals surface area (Å²) in [6, 6.07) is 10.6. The fraction of sp³-hybridized carbons (Fsp3) is 0.412. The Morgan fingerprint density at radius 3 is 2.27 bits per heavy atom. The van der Waals surface area contributed by atoms with Crippen LogP contribution in [0, 0.1) is 0 Å². The molecule has 1 spiro atoms. The van der Waals surface area contributed by atoms with Crippen LogP contribution in [0.2, 0.25) is 0 Å². The van der Waals surface area contributed by atoms with Crippen molar-refractivity contribution in [2.45, 2.75) is 74.6 Å². The highest BCUT2D eigenvalue weighted by atomic mass is 16.6. The lowest BCUT2D eigenvalue weighted by Gasteiger charge is -2.61. The van der Waals surface area contributed by atoms with Crippen molar-refractivity contribution in [1.82, 2.24) is 4.90 Å². The van der Waals surface area contributed by atoms with Gasteiger partial charge in [0.25, 0.3) is 0 Å². The van der Waals surface area contributed by atoms with Crippen LogP contribution in [0.1, 0.15) is 59.8 Å². The number of aliphatic hydroxyl groups is 1. The first-order chi connectivity index (χ1) is 22.8. The maximum Gasteiger partial charge on any atom is 0.357 e. The molecule has 7 atom stereocenters. The molecule has 1 saturated heterocycles. The minimum Gasteiger partial charge on any atom is -0.480 e. The van der Waals surface area contributed by atoms with E-state index in [1.54, 1.807) is 12.1 Å². The number of carbonyl (C=O) groups excluding carboxylic acids is 5. The van der Waals surface area contributed by atoms with Crippen molar-refractivity contribution in [3.05, 3.63) is 76.6 Å². The molecular formula is C34H33NO13. The second-order valence-electron chi connectivity index (χ2n) is 12.3. The van der Waals surface area contributed by atoms with Crippen molar-refractivity contribution in [3.63, 3.8) is 0 Å². The summed E-state index contributed by atoms with van der Waals surface area (Å²) in [7, 11) is 1.91. The Hall–Kier alpha value is -5.08. The summed E-state index contributed by atoms with van der Waals surface area (Å²) in [6.07, 6.45) is -4.43. The standard InChI is InChI=1S/C34H33NO13/c1-17(37)44-27(28(45-18(2)38)32(42)48-26(30(39)40)19-7-5-4-6-8-19)31(41)46-22-11-12-34(43)23-15-20-9-10-21(16-36)25-24(20)33(34,29(22)47-25)13-14-35(23)3/h4-11,16,23,26-29,43H,12-15H2,1-3H3,(H,39,40)/t23-,26+,27-,28-,29+,33+,34-/m1/s1. The molecule has 2 aromatic rings. The maximum atomic E-state index is 13.9. The summed E-state index contributed by atoms with van der Waals surface area (Å²) in [5.41, 5.74) is -0.612. The number of esters is 4. The molecule has 0 radical (unpaired) electrons. The molecule has 48 heavy (non-hydrogen) atoms. The van der Waals surface area contributed by atoms with Crippen LogP contribution in [0.4, 0.5) is 0 Å². The van der Waals surface area contributed by atoms with Gasteiger partial charge in [0.2, 0.25) is 18.3 Å². The molecule has 2 N–H and O–H groups in total. The third-order valence-corrected chi connectivity index (χ3v) is 9.64. The quantitative estimate of drug-likeness (QED) is 0.211. The van der Waals surface area contributed by atoms with Crippen LogP contribution < -0.4 is 4.74 Å². The number of hydrogen-bond acceptors (Lipinski definition) is 13. The lowest BCUT2D eigenvalue weighted by molar-refractivity contribution is -0.195. The fourth-order valence-corrected chi connectivity index (χ4v) is 7.64. The summed E-state index contributed by atoms with van der Waals surface area (Å²) in [5, 5.41) is 22.2. The van der Waals surface area contributed by atoms with Crippen molar-refractivity contribution in [2.24, 2.45) is 0 Å². The highest BCUT2D eigenvalue weighted by molar-refractivity contribution is 5.91. The average Bonchev–Trinajstić information content (AvgIpc) is 3.40. The third kappa shape index (κ3) is 5.11. The van der Waals surface area contributed by atoms with E-state index in [2.05, 4.69) is 4.90 Å². The van der Waals surface area contributed by atoms with Crippen LogP contribution in [-0.4, -0.2) is 94.8 Å². The van der Waals surface area contributed by atoms with E-state index < -0.39 is 65.3 Å². The predicted octanol–water partition coefficient (Wildman–Crippen LogP) is 1.55. The number of hydrogen-bond donors (Lipinski definition) is 2. The predicted molar refractivity (Wildman–Crippen MR) is 160 cm³/mol. The molecule has 2 aromatic carbocycles. The molecule has 2 aliphatic carbocycles. The molecule has 0 unspecified atom stereocenters. The first-order valence-corrected chi connectivity index (χ1v) is 15.3. The van der Waals surface area contributed by atoms with Gasteiger partial charge in [-0.15, -0.1) is 0 Å². The highest BCUT2D eigenvalue weighted by Crippen LogP contribution is 2.64. The van der Waals surface area contributed by atoms with E-state index in [9.17, 15) is 39.0 Å². The zero-order valence-electron chi connectivity index (χ0n) is 26.2. The van der Waals surface area contributed by atoms with Crippen LogP contribution in [0.15, 0.2) is 54.3 Å². The molecule has 0 amide bonds. The van der Waals surface area contributed by atoms with Gasteiger partial charge in [-0.05, 0) is 44.1 Å². The molecule has 2 aliphatic heterocycles. The van der Waals surface area contributed by atoms with Crippen molar-refractivity contribution in [1.29, 1.82) is 0 Å². The number of carboxylic acids is 1. The Morgan fingerprint density at radius 2 is 1.65 bits per heavy atom. The number of benzene rings is 2. The SMILES string of the molecule is CC(=O)O[C@@H](C(=O)OC1=CC[C@@]2(O)[C@H]3Cc4ccc(C=O)c5c4[C@@]2(CCN3C)[C@H]1O5)[C@@H](OC(C)=O)C(=O)O[C@H](C(=O)O)c1ccccc1. The molecule has 0 saturated carbocycles. The molecule has 14 nitrogen and oxygen atoms in total.